The third-order valence-corrected chi connectivity index (χ3v) is 4.21. The van der Waals surface area contributed by atoms with Gasteiger partial charge < -0.3 is 14.8 Å². The lowest BCUT2D eigenvalue weighted by atomic mass is 9.97. The van der Waals surface area contributed by atoms with Crippen LogP contribution in [0.25, 0.3) is 0 Å². The van der Waals surface area contributed by atoms with Crippen LogP contribution in [0.3, 0.4) is 0 Å². The number of halogens is 2. The number of ether oxygens (including phenoxy) is 2. The van der Waals surface area contributed by atoms with Gasteiger partial charge in [-0.05, 0) is 24.5 Å². The van der Waals surface area contributed by atoms with E-state index in [9.17, 15) is 18.9 Å². The zero-order chi connectivity index (χ0) is 18.5. The Bertz CT molecular complexity index is 758. The summed E-state index contributed by atoms with van der Waals surface area (Å²) in [5.41, 5.74) is 1.04. The van der Waals surface area contributed by atoms with E-state index in [1.54, 1.807) is 0 Å². The molecule has 1 saturated heterocycles. The monoisotopic (exact) mass is 364 g/mol. The maximum absolute atomic E-state index is 12.7. The Morgan fingerprint density at radius 1 is 1.23 bits per heavy atom. The van der Waals surface area contributed by atoms with Gasteiger partial charge in [-0.3, -0.25) is 10.1 Å². The van der Waals surface area contributed by atoms with Crippen LogP contribution in [0.5, 0.6) is 5.75 Å². The summed E-state index contributed by atoms with van der Waals surface area (Å²) < 4.78 is 35.6. The number of anilines is 1. The number of non-ortho nitro benzene ring substituents is 1. The van der Waals surface area contributed by atoms with E-state index in [-0.39, 0.29) is 23.6 Å². The van der Waals surface area contributed by atoms with Crippen LogP contribution in [-0.4, -0.2) is 24.2 Å². The van der Waals surface area contributed by atoms with Crippen molar-refractivity contribution in [3.05, 3.63) is 64.2 Å². The lowest BCUT2D eigenvalue weighted by Gasteiger charge is -2.31. The van der Waals surface area contributed by atoms with Crippen LogP contribution in [-0.2, 0) is 4.74 Å². The van der Waals surface area contributed by atoms with Crippen LogP contribution in [0.15, 0.2) is 48.5 Å². The predicted octanol–water partition coefficient (Wildman–Crippen LogP) is 4.53. The van der Waals surface area contributed by atoms with Crippen molar-refractivity contribution >= 4 is 11.4 Å². The van der Waals surface area contributed by atoms with E-state index in [0.717, 1.165) is 11.6 Å². The molecule has 1 aliphatic heterocycles. The van der Waals surface area contributed by atoms with Gasteiger partial charge in [-0.2, -0.15) is 8.78 Å². The Labute approximate surface area is 148 Å². The first-order valence-corrected chi connectivity index (χ1v) is 8.19. The summed E-state index contributed by atoms with van der Waals surface area (Å²) in [6, 6.07) is 13.4. The molecule has 3 rings (SSSR count). The molecule has 2 unspecified atom stereocenters. The molecular weight excluding hydrogens is 346 g/mol. The van der Waals surface area contributed by atoms with Gasteiger partial charge in [0.15, 0.2) is 5.75 Å². The minimum atomic E-state index is -3.07. The van der Waals surface area contributed by atoms with Crippen LogP contribution in [0, 0.1) is 10.1 Å². The van der Waals surface area contributed by atoms with Crippen molar-refractivity contribution in [2.24, 2.45) is 0 Å². The Kier molecular flexibility index (Phi) is 5.62. The fraction of sp³-hybridized carbons (Fsp3) is 0.333. The van der Waals surface area contributed by atoms with Gasteiger partial charge in [0.05, 0.1) is 22.8 Å². The summed E-state index contributed by atoms with van der Waals surface area (Å²) in [5, 5.41) is 14.0. The van der Waals surface area contributed by atoms with Gasteiger partial charge >= 0.3 is 6.61 Å². The summed E-state index contributed by atoms with van der Waals surface area (Å²) in [4.78, 5) is 10.2. The first-order chi connectivity index (χ1) is 12.5. The number of nitro groups is 1. The zero-order valence-electron chi connectivity index (χ0n) is 13.8. The molecule has 0 bridgehead atoms. The smallest absolute Gasteiger partial charge is 0.387 e. The number of hydrogen-bond acceptors (Lipinski definition) is 5. The highest BCUT2D eigenvalue weighted by Crippen LogP contribution is 2.34. The molecule has 2 aromatic rings. The molecule has 0 aromatic heterocycles. The summed E-state index contributed by atoms with van der Waals surface area (Å²) in [6.07, 6.45) is 1.24. The van der Waals surface area contributed by atoms with E-state index in [0.29, 0.717) is 25.1 Å². The second-order valence-electron chi connectivity index (χ2n) is 5.95. The number of hydrogen-bond donors (Lipinski definition) is 1. The molecule has 6 nitrogen and oxygen atoms in total. The molecule has 1 N–H and O–H groups in total. The number of nitrogens with one attached hydrogen (secondary N) is 1. The SMILES string of the molecule is O=[N+]([O-])c1ccc(NC2CCOC(c3ccccc3)C2)c(OC(F)F)c1. The first-order valence-electron chi connectivity index (χ1n) is 8.19. The molecule has 0 amide bonds. The van der Waals surface area contributed by atoms with Crippen molar-refractivity contribution in [1.29, 1.82) is 0 Å². The Balaban J connectivity index is 1.76. The van der Waals surface area contributed by atoms with E-state index >= 15 is 0 Å². The average molecular weight is 364 g/mol. The minimum absolute atomic E-state index is 0.0320. The molecule has 0 saturated carbocycles. The van der Waals surface area contributed by atoms with Crippen molar-refractivity contribution in [1.82, 2.24) is 0 Å². The molecule has 0 spiro atoms. The summed E-state index contributed by atoms with van der Waals surface area (Å²) in [7, 11) is 0. The van der Waals surface area contributed by atoms with E-state index in [2.05, 4.69) is 10.1 Å². The fourth-order valence-electron chi connectivity index (χ4n) is 2.99. The second-order valence-corrected chi connectivity index (χ2v) is 5.95. The molecule has 1 aliphatic rings. The molecule has 1 fully saturated rings. The number of nitro benzene ring substituents is 1. The van der Waals surface area contributed by atoms with Crippen LogP contribution >= 0.6 is 0 Å². The van der Waals surface area contributed by atoms with Gasteiger partial charge in [0, 0.05) is 18.7 Å². The Morgan fingerprint density at radius 3 is 2.69 bits per heavy atom. The summed E-state index contributed by atoms with van der Waals surface area (Å²) >= 11 is 0. The molecule has 26 heavy (non-hydrogen) atoms. The van der Waals surface area contributed by atoms with E-state index in [1.807, 2.05) is 30.3 Å². The lowest BCUT2D eigenvalue weighted by molar-refractivity contribution is -0.385. The molecule has 0 radical (unpaired) electrons. The molecule has 8 heteroatoms. The highest BCUT2D eigenvalue weighted by molar-refractivity contribution is 5.61. The van der Waals surface area contributed by atoms with E-state index in [4.69, 9.17) is 4.74 Å². The fourth-order valence-corrected chi connectivity index (χ4v) is 2.99. The van der Waals surface area contributed by atoms with Crippen molar-refractivity contribution in [3.63, 3.8) is 0 Å². The van der Waals surface area contributed by atoms with Gasteiger partial charge in [-0.15, -0.1) is 0 Å². The number of rotatable bonds is 6. The van der Waals surface area contributed by atoms with Crippen LogP contribution in [0.2, 0.25) is 0 Å². The normalized spacial score (nSPS) is 20.0. The standard InChI is InChI=1S/C18H18F2N2O4/c19-18(20)26-17-11-14(22(23)24)6-7-15(17)21-13-8-9-25-16(10-13)12-4-2-1-3-5-12/h1-7,11,13,16,18,21H,8-10H2. The molecule has 0 aliphatic carbocycles. The van der Waals surface area contributed by atoms with Crippen molar-refractivity contribution in [2.45, 2.75) is 31.6 Å². The van der Waals surface area contributed by atoms with Gasteiger partial charge in [0.2, 0.25) is 0 Å². The summed E-state index contributed by atoms with van der Waals surface area (Å²) in [5.74, 6) is -0.239. The van der Waals surface area contributed by atoms with Crippen molar-refractivity contribution < 1.29 is 23.2 Å². The number of alkyl halides is 2. The van der Waals surface area contributed by atoms with Gasteiger partial charge in [-0.1, -0.05) is 30.3 Å². The van der Waals surface area contributed by atoms with Crippen LogP contribution in [0.1, 0.15) is 24.5 Å². The lowest BCUT2D eigenvalue weighted by Crippen LogP contribution is -2.30. The maximum Gasteiger partial charge on any atom is 0.387 e. The first kappa shape index (κ1) is 18.1. The number of benzene rings is 2. The predicted molar refractivity (Wildman–Crippen MR) is 91.5 cm³/mol. The third kappa shape index (κ3) is 4.45. The molecule has 2 atom stereocenters. The van der Waals surface area contributed by atoms with Crippen LogP contribution in [0.4, 0.5) is 20.2 Å². The minimum Gasteiger partial charge on any atom is -0.432 e. The zero-order valence-corrected chi connectivity index (χ0v) is 13.8. The molecule has 138 valence electrons. The third-order valence-electron chi connectivity index (χ3n) is 4.21. The highest BCUT2D eigenvalue weighted by Gasteiger charge is 2.25. The second kappa shape index (κ2) is 8.09. The van der Waals surface area contributed by atoms with Crippen molar-refractivity contribution in [2.75, 3.05) is 11.9 Å². The van der Waals surface area contributed by atoms with Gasteiger partial charge in [0.1, 0.15) is 0 Å². The Hall–Kier alpha value is -2.74. The molecule has 1 heterocycles. The number of nitrogens with zero attached hydrogens (tertiary/aromatic N) is 1. The quantitative estimate of drug-likeness (QED) is 0.602. The largest absolute Gasteiger partial charge is 0.432 e. The Morgan fingerprint density at radius 2 is 2.00 bits per heavy atom. The van der Waals surface area contributed by atoms with E-state index in [1.165, 1.54) is 12.1 Å². The van der Waals surface area contributed by atoms with Crippen molar-refractivity contribution in [3.8, 4) is 5.75 Å². The maximum atomic E-state index is 12.7. The highest BCUT2D eigenvalue weighted by atomic mass is 19.3. The summed E-state index contributed by atoms with van der Waals surface area (Å²) in [6.45, 7) is -2.54. The average Bonchev–Trinajstić information content (AvgIpc) is 2.63. The van der Waals surface area contributed by atoms with E-state index < -0.39 is 11.5 Å². The van der Waals surface area contributed by atoms with Gasteiger partial charge in [-0.25, -0.2) is 0 Å². The van der Waals surface area contributed by atoms with Crippen LogP contribution < -0.4 is 10.1 Å². The molecular formula is C18H18F2N2O4. The van der Waals surface area contributed by atoms with Gasteiger partial charge in [0.25, 0.3) is 5.69 Å². The molecule has 2 aromatic carbocycles. The topological polar surface area (TPSA) is 73.6 Å².